The first kappa shape index (κ1) is 11.5. The molecule has 0 aromatic carbocycles. The first-order valence-electron chi connectivity index (χ1n) is 5.61. The van der Waals surface area contributed by atoms with Gasteiger partial charge in [0.1, 0.15) is 0 Å². The summed E-state index contributed by atoms with van der Waals surface area (Å²) in [7, 11) is 0. The molecule has 3 nitrogen and oxygen atoms in total. The highest BCUT2D eigenvalue weighted by atomic mass is 16.4. The number of carbonyl (C=O) groups is 1. The van der Waals surface area contributed by atoms with Gasteiger partial charge in [-0.3, -0.25) is 4.79 Å². The number of carboxylic acid groups (broad SMARTS) is 1. The Balaban J connectivity index is 2.38. The molecule has 0 bridgehead atoms. The van der Waals surface area contributed by atoms with Crippen LogP contribution in [0, 0.1) is 5.41 Å². The zero-order valence-electron chi connectivity index (χ0n) is 9.18. The van der Waals surface area contributed by atoms with E-state index in [9.17, 15) is 4.79 Å². The van der Waals surface area contributed by atoms with E-state index in [4.69, 9.17) is 5.11 Å². The third-order valence-electron chi connectivity index (χ3n) is 3.48. The summed E-state index contributed by atoms with van der Waals surface area (Å²) in [5.41, 5.74) is -0.442. The highest BCUT2D eigenvalue weighted by molar-refractivity contribution is 5.76. The van der Waals surface area contributed by atoms with E-state index in [1.165, 1.54) is 0 Å². The van der Waals surface area contributed by atoms with Crippen molar-refractivity contribution in [2.24, 2.45) is 5.41 Å². The number of carboxylic acids is 1. The van der Waals surface area contributed by atoms with Gasteiger partial charge < -0.3 is 10.4 Å². The molecule has 1 fully saturated rings. The second-order valence-corrected chi connectivity index (χ2v) is 4.33. The Bertz CT molecular complexity index is 195. The van der Waals surface area contributed by atoms with Gasteiger partial charge in [-0.25, -0.2) is 0 Å². The summed E-state index contributed by atoms with van der Waals surface area (Å²) in [6.07, 6.45) is 4.90. The number of nitrogens with one attached hydrogen (secondary N) is 1. The molecule has 0 heterocycles. The molecule has 0 unspecified atom stereocenters. The summed E-state index contributed by atoms with van der Waals surface area (Å²) in [5.74, 6) is -0.623. The van der Waals surface area contributed by atoms with E-state index < -0.39 is 11.4 Å². The maximum absolute atomic E-state index is 11.1. The first-order chi connectivity index (χ1) is 6.64. The number of hydrogen-bond acceptors (Lipinski definition) is 2. The fraction of sp³-hybridized carbons (Fsp3) is 0.909. The average molecular weight is 199 g/mol. The van der Waals surface area contributed by atoms with Crippen LogP contribution in [0.15, 0.2) is 0 Å². The van der Waals surface area contributed by atoms with Crippen LogP contribution >= 0.6 is 0 Å². The minimum atomic E-state index is -0.623. The van der Waals surface area contributed by atoms with Gasteiger partial charge in [0.2, 0.25) is 0 Å². The predicted octanol–water partition coefficient (Wildman–Crippen LogP) is 2.02. The van der Waals surface area contributed by atoms with E-state index in [1.807, 2.05) is 0 Å². The van der Waals surface area contributed by atoms with E-state index in [0.29, 0.717) is 12.6 Å². The summed E-state index contributed by atoms with van der Waals surface area (Å²) in [6.45, 7) is 4.92. The minimum absolute atomic E-state index is 0.442. The first-order valence-corrected chi connectivity index (χ1v) is 5.61. The molecule has 1 saturated carbocycles. The van der Waals surface area contributed by atoms with Crippen LogP contribution in [0.2, 0.25) is 0 Å². The topological polar surface area (TPSA) is 49.3 Å². The van der Waals surface area contributed by atoms with Crippen molar-refractivity contribution < 1.29 is 9.90 Å². The van der Waals surface area contributed by atoms with Crippen molar-refractivity contribution in [3.05, 3.63) is 0 Å². The van der Waals surface area contributed by atoms with E-state index >= 15 is 0 Å². The Hall–Kier alpha value is -0.570. The van der Waals surface area contributed by atoms with Gasteiger partial charge in [-0.2, -0.15) is 0 Å². The summed E-state index contributed by atoms with van der Waals surface area (Å²) >= 11 is 0. The maximum Gasteiger partial charge on any atom is 0.310 e. The van der Waals surface area contributed by atoms with E-state index in [2.05, 4.69) is 19.2 Å². The molecule has 0 aromatic heterocycles. The molecule has 0 spiro atoms. The third-order valence-corrected chi connectivity index (χ3v) is 3.48. The SMILES string of the molecule is CCC(CC)NCC1(C(=O)O)CCC1. The fourth-order valence-electron chi connectivity index (χ4n) is 1.99. The van der Waals surface area contributed by atoms with Gasteiger partial charge in [0, 0.05) is 12.6 Å². The van der Waals surface area contributed by atoms with Crippen molar-refractivity contribution in [3.63, 3.8) is 0 Å². The molecule has 82 valence electrons. The number of rotatable bonds is 6. The molecule has 2 N–H and O–H groups in total. The molecule has 0 amide bonds. The van der Waals surface area contributed by atoms with Gasteiger partial charge in [-0.15, -0.1) is 0 Å². The summed E-state index contributed by atoms with van der Waals surface area (Å²) in [5, 5.41) is 12.5. The number of aliphatic carboxylic acids is 1. The highest BCUT2D eigenvalue weighted by Gasteiger charge is 2.44. The normalized spacial score (nSPS) is 19.4. The van der Waals surface area contributed by atoms with Crippen LogP contribution in [-0.2, 0) is 4.79 Å². The molecule has 1 aliphatic rings. The lowest BCUT2D eigenvalue weighted by Crippen LogP contribution is -2.48. The smallest absolute Gasteiger partial charge is 0.310 e. The van der Waals surface area contributed by atoms with Crippen LogP contribution in [0.1, 0.15) is 46.0 Å². The third kappa shape index (κ3) is 2.27. The molecule has 0 atom stereocenters. The van der Waals surface area contributed by atoms with Crippen molar-refractivity contribution in [3.8, 4) is 0 Å². The van der Waals surface area contributed by atoms with E-state index in [1.54, 1.807) is 0 Å². The molecule has 3 heteroatoms. The second-order valence-electron chi connectivity index (χ2n) is 4.33. The quantitative estimate of drug-likeness (QED) is 0.688. The van der Waals surface area contributed by atoms with E-state index in [-0.39, 0.29) is 0 Å². The molecule has 0 aliphatic heterocycles. The van der Waals surface area contributed by atoms with Gasteiger partial charge in [-0.1, -0.05) is 20.3 Å². The van der Waals surface area contributed by atoms with Crippen LogP contribution in [0.5, 0.6) is 0 Å². The Morgan fingerprint density at radius 2 is 2.00 bits per heavy atom. The van der Waals surface area contributed by atoms with Crippen molar-refractivity contribution in [1.29, 1.82) is 0 Å². The van der Waals surface area contributed by atoms with Crippen LogP contribution in [0.4, 0.5) is 0 Å². The molecular weight excluding hydrogens is 178 g/mol. The molecule has 1 aliphatic carbocycles. The van der Waals surface area contributed by atoms with Gasteiger partial charge in [0.05, 0.1) is 5.41 Å². The lowest BCUT2D eigenvalue weighted by Gasteiger charge is -2.38. The van der Waals surface area contributed by atoms with Crippen molar-refractivity contribution in [2.75, 3.05) is 6.54 Å². The molecule has 0 saturated heterocycles. The largest absolute Gasteiger partial charge is 0.481 e. The Labute approximate surface area is 85.9 Å². The molecule has 0 radical (unpaired) electrons. The molecule has 0 aromatic rings. The Kier molecular flexibility index (Phi) is 3.93. The maximum atomic E-state index is 11.1. The van der Waals surface area contributed by atoms with Crippen LogP contribution in [0.3, 0.4) is 0 Å². The van der Waals surface area contributed by atoms with Crippen LogP contribution in [0.25, 0.3) is 0 Å². The van der Waals surface area contributed by atoms with Crippen LogP contribution < -0.4 is 5.32 Å². The Morgan fingerprint density at radius 3 is 2.29 bits per heavy atom. The van der Waals surface area contributed by atoms with Crippen molar-refractivity contribution >= 4 is 5.97 Å². The van der Waals surface area contributed by atoms with Crippen LogP contribution in [-0.4, -0.2) is 23.7 Å². The second kappa shape index (κ2) is 4.78. The van der Waals surface area contributed by atoms with Gasteiger partial charge in [0.15, 0.2) is 0 Å². The molecule has 14 heavy (non-hydrogen) atoms. The summed E-state index contributed by atoms with van der Waals surface area (Å²) in [6, 6.07) is 0.479. The Morgan fingerprint density at radius 1 is 1.43 bits per heavy atom. The van der Waals surface area contributed by atoms with Gasteiger partial charge in [0.25, 0.3) is 0 Å². The zero-order chi connectivity index (χ0) is 10.6. The monoisotopic (exact) mass is 199 g/mol. The summed E-state index contributed by atoms with van der Waals surface area (Å²) in [4.78, 5) is 11.1. The lowest BCUT2D eigenvalue weighted by atomic mass is 9.68. The zero-order valence-corrected chi connectivity index (χ0v) is 9.18. The standard InChI is InChI=1S/C11H21NO2/c1-3-9(4-2)12-8-11(10(13)14)6-5-7-11/h9,12H,3-8H2,1-2H3,(H,13,14). The highest BCUT2D eigenvalue weighted by Crippen LogP contribution is 2.40. The fourth-order valence-corrected chi connectivity index (χ4v) is 1.99. The molecule has 1 rings (SSSR count). The molecular formula is C11H21NO2. The lowest BCUT2D eigenvalue weighted by molar-refractivity contribution is -0.154. The van der Waals surface area contributed by atoms with Gasteiger partial charge in [-0.05, 0) is 25.7 Å². The average Bonchev–Trinajstić information content (AvgIpc) is 2.09. The number of hydrogen-bond donors (Lipinski definition) is 2. The predicted molar refractivity (Wildman–Crippen MR) is 56.3 cm³/mol. The summed E-state index contributed by atoms with van der Waals surface area (Å²) < 4.78 is 0. The van der Waals surface area contributed by atoms with Crippen molar-refractivity contribution in [1.82, 2.24) is 5.32 Å². The minimum Gasteiger partial charge on any atom is -0.481 e. The van der Waals surface area contributed by atoms with Gasteiger partial charge >= 0.3 is 5.97 Å². The van der Waals surface area contributed by atoms with Crippen molar-refractivity contribution in [2.45, 2.75) is 52.0 Å². The van der Waals surface area contributed by atoms with E-state index in [0.717, 1.165) is 32.1 Å².